The third-order valence-corrected chi connectivity index (χ3v) is 6.43. The van der Waals surface area contributed by atoms with Crippen LogP contribution in [-0.4, -0.2) is 43.2 Å². The van der Waals surface area contributed by atoms with Crippen LogP contribution in [0.15, 0.2) is 15.9 Å². The van der Waals surface area contributed by atoms with Crippen LogP contribution < -0.4 is 11.2 Å². The van der Waals surface area contributed by atoms with Crippen molar-refractivity contribution in [3.63, 3.8) is 0 Å². The SMILES string of the molecule is Cn1cnc2c1c(=O)n(CCCN1CCC3CCCCC3C1)c(=O)n2C. The number of likely N-dealkylation sites (tertiary alicyclic amines) is 1. The Kier molecular flexibility index (Phi) is 4.73. The number of piperidine rings is 1. The van der Waals surface area contributed by atoms with Crippen LogP contribution in [0, 0.1) is 11.8 Å². The molecule has 0 spiro atoms. The van der Waals surface area contributed by atoms with Crippen LogP contribution in [0.4, 0.5) is 0 Å². The lowest BCUT2D eigenvalue weighted by atomic mass is 9.75. The number of hydrogen-bond acceptors (Lipinski definition) is 4. The molecule has 4 rings (SSSR count). The van der Waals surface area contributed by atoms with E-state index in [4.69, 9.17) is 0 Å². The first kappa shape index (κ1) is 17.5. The summed E-state index contributed by atoms with van der Waals surface area (Å²) in [6.45, 7) is 3.78. The topological polar surface area (TPSA) is 65.1 Å². The average molecular weight is 359 g/mol. The van der Waals surface area contributed by atoms with Gasteiger partial charge in [0.2, 0.25) is 0 Å². The number of aromatic nitrogens is 4. The number of aryl methyl sites for hydroxylation is 2. The van der Waals surface area contributed by atoms with Crippen LogP contribution >= 0.6 is 0 Å². The largest absolute Gasteiger partial charge is 0.332 e. The number of rotatable bonds is 4. The molecule has 2 fully saturated rings. The van der Waals surface area contributed by atoms with Gasteiger partial charge in [0.25, 0.3) is 5.56 Å². The van der Waals surface area contributed by atoms with E-state index in [1.165, 1.54) is 47.8 Å². The summed E-state index contributed by atoms with van der Waals surface area (Å²) in [5.41, 5.74) is 0.453. The lowest BCUT2D eigenvalue weighted by molar-refractivity contribution is 0.0852. The van der Waals surface area contributed by atoms with Crippen LogP contribution in [0.2, 0.25) is 0 Å². The molecule has 2 aliphatic rings. The van der Waals surface area contributed by atoms with Gasteiger partial charge in [-0.2, -0.15) is 0 Å². The molecule has 0 amide bonds. The number of hydrogen-bond donors (Lipinski definition) is 0. The maximum Gasteiger partial charge on any atom is 0.332 e. The monoisotopic (exact) mass is 359 g/mol. The number of nitrogens with zero attached hydrogens (tertiary/aromatic N) is 5. The Balaban J connectivity index is 1.44. The Morgan fingerprint density at radius 2 is 1.85 bits per heavy atom. The average Bonchev–Trinajstić information content (AvgIpc) is 3.04. The van der Waals surface area contributed by atoms with Gasteiger partial charge >= 0.3 is 5.69 Å². The maximum absolute atomic E-state index is 12.7. The lowest BCUT2D eigenvalue weighted by Gasteiger charge is -2.41. The van der Waals surface area contributed by atoms with Gasteiger partial charge in [-0.25, -0.2) is 9.78 Å². The van der Waals surface area contributed by atoms with Crippen molar-refractivity contribution in [2.75, 3.05) is 19.6 Å². The molecule has 7 nitrogen and oxygen atoms in total. The molecule has 2 unspecified atom stereocenters. The molecule has 1 saturated carbocycles. The number of imidazole rings is 1. The molecular weight excluding hydrogens is 330 g/mol. The van der Waals surface area contributed by atoms with Crippen LogP contribution in [0.5, 0.6) is 0 Å². The molecule has 0 bridgehead atoms. The molecule has 0 N–H and O–H groups in total. The third kappa shape index (κ3) is 3.02. The Hall–Kier alpha value is -1.89. The predicted octanol–water partition coefficient (Wildman–Crippen LogP) is 1.34. The smallest absolute Gasteiger partial charge is 0.328 e. The first-order chi connectivity index (χ1) is 12.6. The molecule has 0 aromatic carbocycles. The summed E-state index contributed by atoms with van der Waals surface area (Å²) in [5.74, 6) is 1.79. The van der Waals surface area contributed by atoms with Gasteiger partial charge in [0.05, 0.1) is 6.33 Å². The van der Waals surface area contributed by atoms with E-state index < -0.39 is 0 Å². The summed E-state index contributed by atoms with van der Waals surface area (Å²) in [7, 11) is 3.47. The molecule has 2 atom stereocenters. The zero-order valence-corrected chi connectivity index (χ0v) is 15.9. The summed E-state index contributed by atoms with van der Waals surface area (Å²) in [5, 5.41) is 0. The van der Waals surface area contributed by atoms with Gasteiger partial charge in [-0.15, -0.1) is 0 Å². The standard InChI is InChI=1S/C19H29N5O2/c1-21-13-20-17-16(21)18(25)24(19(26)22(17)2)10-5-9-23-11-8-14-6-3-4-7-15(14)12-23/h13-15H,3-12H2,1-2H3. The fourth-order valence-electron chi connectivity index (χ4n) is 4.93. The minimum atomic E-state index is -0.271. The van der Waals surface area contributed by atoms with Gasteiger partial charge in [0.1, 0.15) is 0 Å². The van der Waals surface area contributed by atoms with Crippen molar-refractivity contribution in [1.82, 2.24) is 23.6 Å². The Morgan fingerprint density at radius 1 is 1.08 bits per heavy atom. The molecule has 0 radical (unpaired) electrons. The van der Waals surface area contributed by atoms with E-state index in [9.17, 15) is 9.59 Å². The van der Waals surface area contributed by atoms with Gasteiger partial charge in [-0.05, 0) is 44.2 Å². The van der Waals surface area contributed by atoms with E-state index >= 15 is 0 Å². The highest BCUT2D eigenvalue weighted by Crippen LogP contribution is 2.35. The van der Waals surface area contributed by atoms with Gasteiger partial charge in [-0.1, -0.05) is 19.3 Å². The highest BCUT2D eigenvalue weighted by Gasteiger charge is 2.30. The normalized spacial score (nSPS) is 24.1. The van der Waals surface area contributed by atoms with E-state index in [0.717, 1.165) is 31.3 Å². The molecule has 3 heterocycles. The molecule has 2 aromatic rings. The fourth-order valence-corrected chi connectivity index (χ4v) is 4.93. The Labute approximate surface area is 153 Å². The summed E-state index contributed by atoms with van der Waals surface area (Å²) in [6, 6.07) is 0. The summed E-state index contributed by atoms with van der Waals surface area (Å²) >= 11 is 0. The third-order valence-electron chi connectivity index (χ3n) is 6.43. The number of fused-ring (bicyclic) bond motifs is 2. The summed E-state index contributed by atoms with van der Waals surface area (Å²) in [6.07, 6.45) is 9.30. The van der Waals surface area contributed by atoms with E-state index in [1.807, 2.05) is 0 Å². The second kappa shape index (κ2) is 7.02. The van der Waals surface area contributed by atoms with Crippen molar-refractivity contribution < 1.29 is 0 Å². The summed E-state index contributed by atoms with van der Waals surface area (Å²) in [4.78, 5) is 32.0. The molecular formula is C19H29N5O2. The highest BCUT2D eigenvalue weighted by atomic mass is 16.2. The van der Waals surface area contributed by atoms with Crippen molar-refractivity contribution in [2.24, 2.45) is 25.9 Å². The second-order valence-corrected chi connectivity index (χ2v) is 8.07. The van der Waals surface area contributed by atoms with Crippen molar-refractivity contribution >= 4 is 11.2 Å². The molecule has 2 aromatic heterocycles. The molecule has 7 heteroatoms. The first-order valence-electron chi connectivity index (χ1n) is 9.89. The van der Waals surface area contributed by atoms with Crippen molar-refractivity contribution in [2.45, 2.75) is 45.1 Å². The lowest BCUT2D eigenvalue weighted by Crippen LogP contribution is -2.43. The molecule has 142 valence electrons. The van der Waals surface area contributed by atoms with E-state index in [0.29, 0.717) is 17.7 Å². The van der Waals surface area contributed by atoms with E-state index in [-0.39, 0.29) is 11.2 Å². The van der Waals surface area contributed by atoms with Crippen molar-refractivity contribution in [3.8, 4) is 0 Å². The first-order valence-corrected chi connectivity index (χ1v) is 9.89. The molecule has 26 heavy (non-hydrogen) atoms. The van der Waals surface area contributed by atoms with Gasteiger partial charge in [0, 0.05) is 27.2 Å². The Morgan fingerprint density at radius 3 is 2.65 bits per heavy atom. The van der Waals surface area contributed by atoms with E-state index in [1.54, 1.807) is 25.0 Å². The predicted molar refractivity (Wildman–Crippen MR) is 101 cm³/mol. The second-order valence-electron chi connectivity index (χ2n) is 8.07. The molecule has 1 saturated heterocycles. The van der Waals surface area contributed by atoms with Gasteiger partial charge in [0.15, 0.2) is 11.2 Å². The van der Waals surface area contributed by atoms with Crippen LogP contribution in [0.1, 0.15) is 38.5 Å². The van der Waals surface area contributed by atoms with Crippen LogP contribution in [0.25, 0.3) is 11.2 Å². The van der Waals surface area contributed by atoms with Crippen LogP contribution in [-0.2, 0) is 20.6 Å². The molecule has 1 aliphatic carbocycles. The maximum atomic E-state index is 12.7. The Bertz CT molecular complexity index is 909. The van der Waals surface area contributed by atoms with Crippen molar-refractivity contribution in [3.05, 3.63) is 27.2 Å². The highest BCUT2D eigenvalue weighted by molar-refractivity contribution is 5.69. The zero-order valence-electron chi connectivity index (χ0n) is 15.9. The van der Waals surface area contributed by atoms with Crippen LogP contribution in [0.3, 0.4) is 0 Å². The van der Waals surface area contributed by atoms with Crippen molar-refractivity contribution in [1.29, 1.82) is 0 Å². The zero-order chi connectivity index (χ0) is 18.3. The van der Waals surface area contributed by atoms with E-state index in [2.05, 4.69) is 9.88 Å². The quantitative estimate of drug-likeness (QED) is 0.826. The van der Waals surface area contributed by atoms with Gasteiger partial charge < -0.3 is 9.47 Å². The minimum Gasteiger partial charge on any atom is -0.328 e. The fraction of sp³-hybridized carbons (Fsp3) is 0.737. The molecule has 1 aliphatic heterocycles. The summed E-state index contributed by atoms with van der Waals surface area (Å²) < 4.78 is 4.54. The minimum absolute atomic E-state index is 0.228. The van der Waals surface area contributed by atoms with Gasteiger partial charge in [-0.3, -0.25) is 13.9 Å².